The molecule has 1 saturated carbocycles. The lowest BCUT2D eigenvalue weighted by Crippen LogP contribution is -2.45. The van der Waals surface area contributed by atoms with E-state index in [9.17, 15) is 14.4 Å². The topological polar surface area (TPSA) is 97.6 Å². The molecule has 25 heavy (non-hydrogen) atoms. The van der Waals surface area contributed by atoms with Crippen LogP contribution in [0.1, 0.15) is 43.7 Å². The first kappa shape index (κ1) is 19.5. The first-order chi connectivity index (χ1) is 11.9. The van der Waals surface area contributed by atoms with Gasteiger partial charge < -0.3 is 19.8 Å². The summed E-state index contributed by atoms with van der Waals surface area (Å²) in [5.41, 5.74) is 0. The van der Waals surface area contributed by atoms with E-state index in [1.54, 1.807) is 6.07 Å². The SMILES string of the molecule is C[C@@H]1[C@H](C)CCC[C@H]1NC(=O)COC(=O)CNC(=O)c1ccc(Br)o1. The fraction of sp³-hybridized carbons (Fsp3) is 0.588. The van der Waals surface area contributed by atoms with Crippen molar-refractivity contribution in [2.24, 2.45) is 11.8 Å². The summed E-state index contributed by atoms with van der Waals surface area (Å²) in [6.45, 7) is 3.63. The second-order valence-electron chi connectivity index (χ2n) is 6.39. The Kier molecular flexibility index (Phi) is 7.04. The van der Waals surface area contributed by atoms with Gasteiger partial charge >= 0.3 is 5.97 Å². The molecule has 0 bridgehead atoms. The molecule has 7 nitrogen and oxygen atoms in total. The van der Waals surface area contributed by atoms with Crippen molar-refractivity contribution in [1.29, 1.82) is 0 Å². The minimum absolute atomic E-state index is 0.0813. The standard InChI is InChI=1S/C17H23BrN2O5/c1-10-4-3-5-12(11(10)2)20-15(21)9-24-16(22)8-19-17(23)13-6-7-14(18)25-13/h6-7,10-12H,3-5,8-9H2,1-2H3,(H,19,23)(H,20,21)/t10-,11-,12-/m1/s1. The maximum absolute atomic E-state index is 11.9. The van der Waals surface area contributed by atoms with Crippen LogP contribution in [0.15, 0.2) is 21.2 Å². The molecule has 1 heterocycles. The van der Waals surface area contributed by atoms with E-state index >= 15 is 0 Å². The van der Waals surface area contributed by atoms with E-state index in [1.165, 1.54) is 12.5 Å². The van der Waals surface area contributed by atoms with Gasteiger partial charge in [-0.15, -0.1) is 0 Å². The van der Waals surface area contributed by atoms with Gasteiger partial charge in [-0.25, -0.2) is 0 Å². The van der Waals surface area contributed by atoms with Crippen molar-refractivity contribution in [2.45, 2.75) is 39.2 Å². The van der Waals surface area contributed by atoms with Crippen LogP contribution in [0.5, 0.6) is 0 Å². The smallest absolute Gasteiger partial charge is 0.325 e. The van der Waals surface area contributed by atoms with Gasteiger partial charge in [0.15, 0.2) is 17.0 Å². The van der Waals surface area contributed by atoms with Gasteiger partial charge in [0.2, 0.25) is 0 Å². The molecule has 0 spiro atoms. The zero-order chi connectivity index (χ0) is 18.4. The predicted octanol–water partition coefficient (Wildman–Crippen LogP) is 2.26. The monoisotopic (exact) mass is 414 g/mol. The highest BCUT2D eigenvalue weighted by Crippen LogP contribution is 2.29. The van der Waals surface area contributed by atoms with Gasteiger partial charge in [0, 0.05) is 6.04 Å². The Balaban J connectivity index is 1.67. The fourth-order valence-electron chi connectivity index (χ4n) is 2.91. The van der Waals surface area contributed by atoms with E-state index in [1.807, 2.05) is 0 Å². The van der Waals surface area contributed by atoms with E-state index in [-0.39, 0.29) is 30.9 Å². The number of hydrogen-bond acceptors (Lipinski definition) is 5. The van der Waals surface area contributed by atoms with Crippen LogP contribution in [0, 0.1) is 11.8 Å². The van der Waals surface area contributed by atoms with Crippen molar-refractivity contribution >= 4 is 33.7 Å². The van der Waals surface area contributed by atoms with Gasteiger partial charge in [0.25, 0.3) is 11.8 Å². The molecule has 2 amide bonds. The molecule has 1 aliphatic carbocycles. The Morgan fingerprint density at radius 2 is 2.04 bits per heavy atom. The number of furan rings is 1. The lowest BCUT2D eigenvalue weighted by atomic mass is 9.78. The second-order valence-corrected chi connectivity index (χ2v) is 7.17. The summed E-state index contributed by atoms with van der Waals surface area (Å²) in [4.78, 5) is 35.3. The van der Waals surface area contributed by atoms with Crippen molar-refractivity contribution in [3.05, 3.63) is 22.6 Å². The van der Waals surface area contributed by atoms with Crippen LogP contribution in [0.25, 0.3) is 0 Å². The summed E-state index contributed by atoms with van der Waals surface area (Å²) in [5, 5.41) is 5.29. The highest BCUT2D eigenvalue weighted by Gasteiger charge is 2.28. The minimum Gasteiger partial charge on any atom is -0.454 e. The van der Waals surface area contributed by atoms with Crippen LogP contribution in [-0.4, -0.2) is 37.0 Å². The van der Waals surface area contributed by atoms with E-state index in [0.29, 0.717) is 16.5 Å². The molecule has 138 valence electrons. The normalized spacial score (nSPS) is 22.9. The maximum atomic E-state index is 11.9. The highest BCUT2D eigenvalue weighted by molar-refractivity contribution is 9.10. The molecule has 3 atom stereocenters. The van der Waals surface area contributed by atoms with Crippen LogP contribution in [0.2, 0.25) is 0 Å². The molecule has 0 radical (unpaired) electrons. The number of amides is 2. The van der Waals surface area contributed by atoms with Gasteiger partial charge in [-0.05, 0) is 46.3 Å². The number of ether oxygens (including phenoxy) is 1. The fourth-order valence-corrected chi connectivity index (χ4v) is 3.21. The zero-order valence-corrected chi connectivity index (χ0v) is 15.9. The summed E-state index contributed by atoms with van der Waals surface area (Å²) in [5.74, 6) is -0.478. The number of esters is 1. The number of hydrogen-bond donors (Lipinski definition) is 2. The van der Waals surface area contributed by atoms with Gasteiger partial charge in [-0.3, -0.25) is 14.4 Å². The van der Waals surface area contributed by atoms with Crippen LogP contribution < -0.4 is 10.6 Å². The Hall–Kier alpha value is -1.83. The van der Waals surface area contributed by atoms with Gasteiger partial charge in [0.05, 0.1) is 0 Å². The molecule has 1 aliphatic rings. The van der Waals surface area contributed by atoms with Crippen LogP contribution in [-0.2, 0) is 14.3 Å². The van der Waals surface area contributed by atoms with Crippen molar-refractivity contribution in [1.82, 2.24) is 10.6 Å². The second kappa shape index (κ2) is 9.03. The van der Waals surface area contributed by atoms with E-state index in [0.717, 1.165) is 12.8 Å². The Morgan fingerprint density at radius 3 is 2.72 bits per heavy atom. The zero-order valence-electron chi connectivity index (χ0n) is 14.3. The summed E-state index contributed by atoms with van der Waals surface area (Å²) in [6, 6.07) is 3.17. The summed E-state index contributed by atoms with van der Waals surface area (Å²) in [7, 11) is 0. The molecule has 2 rings (SSSR count). The first-order valence-corrected chi connectivity index (χ1v) is 9.14. The minimum atomic E-state index is -0.681. The molecule has 0 saturated heterocycles. The Labute approximate surface area is 155 Å². The third kappa shape index (κ3) is 5.88. The third-order valence-corrected chi connectivity index (χ3v) is 5.03. The van der Waals surface area contributed by atoms with Gasteiger partial charge in [-0.1, -0.05) is 26.7 Å². The molecular formula is C17H23BrN2O5. The predicted molar refractivity (Wildman–Crippen MR) is 93.8 cm³/mol. The molecule has 0 aliphatic heterocycles. The average Bonchev–Trinajstić information content (AvgIpc) is 3.01. The van der Waals surface area contributed by atoms with Gasteiger partial charge in [0.1, 0.15) is 6.54 Å². The number of carbonyl (C=O) groups excluding carboxylic acids is 3. The summed E-state index contributed by atoms with van der Waals surface area (Å²) < 4.78 is 10.4. The Bertz CT molecular complexity index is 630. The lowest BCUT2D eigenvalue weighted by molar-refractivity contribution is -0.147. The summed E-state index contributed by atoms with van der Waals surface area (Å²) >= 11 is 3.09. The molecule has 0 aromatic carbocycles. The van der Waals surface area contributed by atoms with E-state index < -0.39 is 11.9 Å². The quantitative estimate of drug-likeness (QED) is 0.695. The first-order valence-electron chi connectivity index (χ1n) is 8.35. The number of nitrogens with one attached hydrogen (secondary N) is 2. The molecule has 1 aromatic heterocycles. The van der Waals surface area contributed by atoms with Crippen molar-refractivity contribution in [3.63, 3.8) is 0 Å². The molecule has 1 fully saturated rings. The maximum Gasteiger partial charge on any atom is 0.325 e. The van der Waals surface area contributed by atoms with E-state index in [2.05, 4.69) is 40.4 Å². The largest absolute Gasteiger partial charge is 0.454 e. The lowest BCUT2D eigenvalue weighted by Gasteiger charge is -2.34. The van der Waals surface area contributed by atoms with Gasteiger partial charge in [-0.2, -0.15) is 0 Å². The number of halogens is 1. The van der Waals surface area contributed by atoms with Crippen molar-refractivity contribution < 1.29 is 23.5 Å². The number of rotatable bonds is 6. The molecule has 0 unspecified atom stereocenters. The molecular weight excluding hydrogens is 392 g/mol. The highest BCUT2D eigenvalue weighted by atomic mass is 79.9. The van der Waals surface area contributed by atoms with E-state index in [4.69, 9.17) is 9.15 Å². The Morgan fingerprint density at radius 1 is 1.28 bits per heavy atom. The van der Waals surface area contributed by atoms with Crippen LogP contribution in [0.4, 0.5) is 0 Å². The van der Waals surface area contributed by atoms with Crippen molar-refractivity contribution in [2.75, 3.05) is 13.2 Å². The van der Waals surface area contributed by atoms with Crippen LogP contribution >= 0.6 is 15.9 Å². The summed E-state index contributed by atoms with van der Waals surface area (Å²) in [6.07, 6.45) is 3.21. The molecule has 8 heteroatoms. The molecule has 1 aromatic rings. The third-order valence-electron chi connectivity index (χ3n) is 4.61. The van der Waals surface area contributed by atoms with Crippen molar-refractivity contribution in [3.8, 4) is 0 Å². The van der Waals surface area contributed by atoms with Crippen LogP contribution in [0.3, 0.4) is 0 Å². The molecule has 2 N–H and O–H groups in total. The average molecular weight is 415 g/mol. The number of carbonyl (C=O) groups is 3.